The normalized spacial score (nSPS) is 26.3. The number of anilines is 1. The Hall–Kier alpha value is -2.69. The number of aromatic nitrogens is 2. The van der Waals surface area contributed by atoms with Crippen LogP contribution >= 0.6 is 0 Å². The van der Waals surface area contributed by atoms with Crippen molar-refractivity contribution >= 4 is 27.2 Å². The molecule has 0 unspecified atom stereocenters. The third kappa shape index (κ3) is 5.29. The fourth-order valence-electron chi connectivity index (χ4n) is 4.30. The number of benzene rings is 1. The van der Waals surface area contributed by atoms with Crippen LogP contribution in [-0.4, -0.2) is 62.0 Å². The second-order valence-electron chi connectivity index (χ2n) is 8.47. The van der Waals surface area contributed by atoms with Crippen LogP contribution < -0.4 is 4.90 Å². The standard InChI is InChI=1S/C22H24F4N4O2S/c1-33(32)9-5-15(6-10-33)20(31)30-8-7-29(14-19(30)16-3-2-4-18(23)11-16)21-27-12-17(13-28-21)22(24,25)26/h2-4,11-13,15,19H,1,5-10,14H2/t15?,19-,33?/m0/s1. The zero-order valence-corrected chi connectivity index (χ0v) is 18.6. The Morgan fingerprint density at radius 2 is 1.79 bits per heavy atom. The van der Waals surface area contributed by atoms with Gasteiger partial charge in [-0.3, -0.25) is 9.00 Å². The van der Waals surface area contributed by atoms with E-state index in [1.165, 1.54) is 12.1 Å². The van der Waals surface area contributed by atoms with Crippen molar-refractivity contribution in [1.82, 2.24) is 14.9 Å². The van der Waals surface area contributed by atoms with Crippen LogP contribution in [0.3, 0.4) is 0 Å². The fourth-order valence-corrected chi connectivity index (χ4v) is 5.93. The van der Waals surface area contributed by atoms with E-state index in [0.29, 0.717) is 36.5 Å². The Bertz CT molecular complexity index is 1110. The van der Waals surface area contributed by atoms with Crippen LogP contribution in [0.2, 0.25) is 0 Å². The molecule has 11 heteroatoms. The Morgan fingerprint density at radius 1 is 1.12 bits per heavy atom. The molecule has 1 amide bonds. The van der Waals surface area contributed by atoms with Crippen LogP contribution in [0.5, 0.6) is 0 Å². The Balaban J connectivity index is 1.58. The van der Waals surface area contributed by atoms with Gasteiger partial charge in [0.25, 0.3) is 0 Å². The lowest BCUT2D eigenvalue weighted by Gasteiger charge is -2.43. The summed E-state index contributed by atoms with van der Waals surface area (Å²) in [5.74, 6) is 3.83. The van der Waals surface area contributed by atoms with Crippen LogP contribution in [0.4, 0.5) is 23.5 Å². The molecular formula is C22H24F4N4O2S. The molecule has 1 atom stereocenters. The number of piperazine rings is 1. The van der Waals surface area contributed by atoms with Crippen LogP contribution in [0.15, 0.2) is 36.7 Å². The zero-order chi connectivity index (χ0) is 23.8. The van der Waals surface area contributed by atoms with Gasteiger partial charge in [-0.05, 0) is 45.9 Å². The lowest BCUT2D eigenvalue weighted by molar-refractivity contribution is -0.139. The monoisotopic (exact) mass is 484 g/mol. The van der Waals surface area contributed by atoms with E-state index < -0.39 is 33.1 Å². The molecule has 4 rings (SSSR count). The molecule has 0 aliphatic carbocycles. The minimum absolute atomic E-state index is 0.0906. The first-order valence-corrected chi connectivity index (χ1v) is 12.6. The number of hydrogen-bond acceptors (Lipinski definition) is 5. The largest absolute Gasteiger partial charge is 0.419 e. The highest BCUT2D eigenvalue weighted by Crippen LogP contribution is 2.32. The predicted octanol–water partition coefficient (Wildman–Crippen LogP) is 3.15. The van der Waals surface area contributed by atoms with Crippen molar-refractivity contribution in [3.63, 3.8) is 0 Å². The summed E-state index contributed by atoms with van der Waals surface area (Å²) in [7, 11) is -2.14. The molecule has 2 aliphatic heterocycles. The molecule has 2 aliphatic rings. The van der Waals surface area contributed by atoms with Crippen molar-refractivity contribution in [2.45, 2.75) is 25.1 Å². The lowest BCUT2D eigenvalue weighted by atomic mass is 9.96. The van der Waals surface area contributed by atoms with Crippen molar-refractivity contribution < 1.29 is 26.6 Å². The Kier molecular flexibility index (Phi) is 6.35. The maximum absolute atomic E-state index is 14.0. The number of alkyl halides is 3. The van der Waals surface area contributed by atoms with Crippen molar-refractivity contribution in [1.29, 1.82) is 0 Å². The van der Waals surface area contributed by atoms with E-state index in [0.717, 1.165) is 12.4 Å². The highest BCUT2D eigenvalue weighted by atomic mass is 32.2. The smallest absolute Gasteiger partial charge is 0.337 e. The highest BCUT2D eigenvalue weighted by Gasteiger charge is 2.37. The molecule has 0 spiro atoms. The molecule has 178 valence electrons. The number of amides is 1. The van der Waals surface area contributed by atoms with E-state index in [1.807, 2.05) is 0 Å². The maximum Gasteiger partial charge on any atom is 0.419 e. The third-order valence-electron chi connectivity index (χ3n) is 6.17. The Labute approximate surface area is 189 Å². The van der Waals surface area contributed by atoms with Crippen molar-refractivity contribution in [3.05, 3.63) is 53.6 Å². The SMILES string of the molecule is C=S1(=O)CCC(C(=O)N2CCN(c3ncc(C(F)(F)F)cn3)C[C@H]2c2cccc(F)c2)CC1. The Morgan fingerprint density at radius 3 is 2.39 bits per heavy atom. The van der Waals surface area contributed by atoms with E-state index in [9.17, 15) is 26.6 Å². The van der Waals surface area contributed by atoms with E-state index in [1.54, 1.807) is 21.9 Å². The molecular weight excluding hydrogens is 460 g/mol. The van der Waals surface area contributed by atoms with Gasteiger partial charge < -0.3 is 9.80 Å². The van der Waals surface area contributed by atoms with Crippen LogP contribution in [0, 0.1) is 11.7 Å². The van der Waals surface area contributed by atoms with Gasteiger partial charge in [-0.25, -0.2) is 14.4 Å². The van der Waals surface area contributed by atoms with Gasteiger partial charge in [0, 0.05) is 49.5 Å². The second-order valence-corrected chi connectivity index (χ2v) is 11.2. The summed E-state index contributed by atoms with van der Waals surface area (Å²) in [4.78, 5) is 24.5. The maximum atomic E-state index is 14.0. The van der Waals surface area contributed by atoms with Gasteiger partial charge in [0.05, 0.1) is 11.6 Å². The molecule has 0 bridgehead atoms. The van der Waals surface area contributed by atoms with Crippen LogP contribution in [0.1, 0.15) is 30.0 Å². The van der Waals surface area contributed by atoms with Gasteiger partial charge in [-0.2, -0.15) is 13.2 Å². The first-order chi connectivity index (χ1) is 15.5. The quantitative estimate of drug-likeness (QED) is 0.495. The molecule has 0 N–H and O–H groups in total. The van der Waals surface area contributed by atoms with Crippen LogP contribution in [0.25, 0.3) is 0 Å². The summed E-state index contributed by atoms with van der Waals surface area (Å²) in [5, 5.41) is 0. The molecule has 3 heterocycles. The number of halogens is 4. The fraction of sp³-hybridized carbons (Fsp3) is 0.455. The zero-order valence-electron chi connectivity index (χ0n) is 17.8. The van der Waals surface area contributed by atoms with E-state index in [4.69, 9.17) is 0 Å². The molecule has 0 saturated carbocycles. The minimum atomic E-state index is -4.54. The van der Waals surface area contributed by atoms with E-state index in [2.05, 4.69) is 15.8 Å². The molecule has 6 nitrogen and oxygen atoms in total. The topological polar surface area (TPSA) is 66.4 Å². The first-order valence-electron chi connectivity index (χ1n) is 10.6. The number of hydrogen-bond donors (Lipinski definition) is 0. The minimum Gasteiger partial charge on any atom is -0.337 e. The molecule has 0 radical (unpaired) electrons. The molecule has 33 heavy (non-hydrogen) atoms. The van der Waals surface area contributed by atoms with Gasteiger partial charge >= 0.3 is 6.18 Å². The van der Waals surface area contributed by atoms with Crippen LogP contribution in [-0.2, 0) is 20.5 Å². The van der Waals surface area contributed by atoms with Crippen molar-refractivity contribution in [2.75, 3.05) is 36.0 Å². The molecule has 1 aromatic carbocycles. The molecule has 2 aromatic rings. The summed E-state index contributed by atoms with van der Waals surface area (Å²) >= 11 is 0. The van der Waals surface area contributed by atoms with Gasteiger partial charge in [-0.15, -0.1) is 0 Å². The third-order valence-corrected chi connectivity index (χ3v) is 8.13. The van der Waals surface area contributed by atoms with Gasteiger partial charge in [0.2, 0.25) is 11.9 Å². The van der Waals surface area contributed by atoms with E-state index >= 15 is 0 Å². The average Bonchev–Trinajstić information content (AvgIpc) is 2.78. The number of rotatable bonds is 3. The lowest BCUT2D eigenvalue weighted by Crippen LogP contribution is -2.53. The second kappa shape index (κ2) is 8.92. The van der Waals surface area contributed by atoms with Gasteiger partial charge in [0.1, 0.15) is 5.82 Å². The van der Waals surface area contributed by atoms with Crippen molar-refractivity contribution in [3.8, 4) is 0 Å². The number of nitrogens with zero attached hydrogens (tertiary/aromatic N) is 4. The molecule has 2 fully saturated rings. The van der Waals surface area contributed by atoms with Gasteiger partial charge in [-0.1, -0.05) is 12.1 Å². The number of carbonyl (C=O) groups is 1. The summed E-state index contributed by atoms with van der Waals surface area (Å²) in [5.41, 5.74) is -0.363. The summed E-state index contributed by atoms with van der Waals surface area (Å²) in [6.45, 7) is 0.807. The average molecular weight is 485 g/mol. The van der Waals surface area contributed by atoms with Gasteiger partial charge in [0.15, 0.2) is 0 Å². The summed E-state index contributed by atoms with van der Waals surface area (Å²) < 4.78 is 64.7. The number of carbonyl (C=O) groups excluding carboxylic acids is 1. The van der Waals surface area contributed by atoms with E-state index in [-0.39, 0.29) is 30.9 Å². The van der Waals surface area contributed by atoms with Crippen molar-refractivity contribution in [2.24, 2.45) is 5.92 Å². The highest BCUT2D eigenvalue weighted by molar-refractivity contribution is 8.00. The molecule has 1 aromatic heterocycles. The molecule has 2 saturated heterocycles. The predicted molar refractivity (Wildman–Crippen MR) is 118 cm³/mol. The summed E-state index contributed by atoms with van der Waals surface area (Å²) in [6, 6.07) is 5.40. The summed E-state index contributed by atoms with van der Waals surface area (Å²) in [6.07, 6.45) is -2.10. The first kappa shape index (κ1) is 23.5.